The van der Waals surface area contributed by atoms with E-state index in [0.29, 0.717) is 30.2 Å². The van der Waals surface area contributed by atoms with Gasteiger partial charge < -0.3 is 9.32 Å². The molecule has 1 saturated carbocycles. The van der Waals surface area contributed by atoms with Crippen LogP contribution in [0.15, 0.2) is 21.4 Å². The topological polar surface area (TPSA) is 63.4 Å². The molecule has 1 fully saturated rings. The van der Waals surface area contributed by atoms with Crippen molar-refractivity contribution >= 4 is 32.5 Å². The summed E-state index contributed by atoms with van der Waals surface area (Å²) in [5.41, 5.74) is 0.519. The van der Waals surface area contributed by atoms with Crippen molar-refractivity contribution in [3.05, 3.63) is 23.0 Å². The van der Waals surface area contributed by atoms with E-state index in [1.54, 1.807) is 12.1 Å². The van der Waals surface area contributed by atoms with E-state index in [-0.39, 0.29) is 20.9 Å². The molecule has 5 nitrogen and oxygen atoms in total. The summed E-state index contributed by atoms with van der Waals surface area (Å²) in [5.74, 6) is 0.924. The van der Waals surface area contributed by atoms with Crippen molar-refractivity contribution in [1.29, 1.82) is 0 Å². The molecule has 1 aromatic carbocycles. The fourth-order valence-electron chi connectivity index (χ4n) is 3.29. The molecule has 0 radical (unpaired) electrons. The summed E-state index contributed by atoms with van der Waals surface area (Å²) in [6, 6.07) is 3.31. The lowest BCUT2D eigenvalue weighted by Gasteiger charge is -2.36. The average Bonchev–Trinajstić information content (AvgIpc) is 2.85. The first-order chi connectivity index (χ1) is 11.5. The number of oxazole rings is 1. The van der Waals surface area contributed by atoms with Gasteiger partial charge >= 0.3 is 0 Å². The van der Waals surface area contributed by atoms with Crippen molar-refractivity contribution in [2.75, 3.05) is 20.6 Å². The third-order valence-electron chi connectivity index (χ3n) is 4.64. The minimum Gasteiger partial charge on any atom is -0.439 e. The summed E-state index contributed by atoms with van der Waals surface area (Å²) in [4.78, 5) is 6.65. The fraction of sp³-hybridized carbons (Fsp3) is 0.611. The van der Waals surface area contributed by atoms with Crippen molar-refractivity contribution in [3.63, 3.8) is 0 Å². The Kier molecular flexibility index (Phi) is 4.67. The minimum absolute atomic E-state index is 0.1000. The molecule has 0 atom stereocenters. The zero-order chi connectivity index (χ0) is 18.6. The van der Waals surface area contributed by atoms with E-state index in [2.05, 4.69) is 9.88 Å². The number of aromatic nitrogens is 1. The van der Waals surface area contributed by atoms with Crippen molar-refractivity contribution in [2.24, 2.45) is 5.92 Å². The first-order valence-electron chi connectivity index (χ1n) is 8.48. The van der Waals surface area contributed by atoms with Crippen LogP contribution >= 0.6 is 11.6 Å². The summed E-state index contributed by atoms with van der Waals surface area (Å²) >= 11 is 6.28. The monoisotopic (exact) mass is 384 g/mol. The molecular weight excluding hydrogens is 360 g/mol. The highest BCUT2D eigenvalue weighted by molar-refractivity contribution is 7.92. The molecular formula is C18H25ClN2O3S. The second-order valence-corrected chi connectivity index (χ2v) is 10.8. The summed E-state index contributed by atoms with van der Waals surface area (Å²) in [6.07, 6.45) is 1.32. The summed E-state index contributed by atoms with van der Waals surface area (Å²) in [6.45, 7) is 6.84. The highest BCUT2D eigenvalue weighted by atomic mass is 35.5. The van der Waals surface area contributed by atoms with Crippen LogP contribution in [-0.2, 0) is 15.3 Å². The summed E-state index contributed by atoms with van der Waals surface area (Å²) in [7, 11) is 0.459. The zero-order valence-electron chi connectivity index (χ0n) is 15.3. The van der Waals surface area contributed by atoms with Gasteiger partial charge in [0, 0.05) is 12.0 Å². The molecule has 0 unspecified atom stereocenters. The van der Waals surface area contributed by atoms with Crippen LogP contribution in [0.5, 0.6) is 0 Å². The van der Waals surface area contributed by atoms with E-state index < -0.39 is 15.1 Å². The van der Waals surface area contributed by atoms with Crippen LogP contribution in [-0.4, -0.2) is 44.2 Å². The third-order valence-corrected chi connectivity index (χ3v) is 7.31. The molecule has 138 valence electrons. The third kappa shape index (κ3) is 3.44. The van der Waals surface area contributed by atoms with Crippen LogP contribution in [0.1, 0.15) is 39.5 Å². The smallest absolute Gasteiger partial charge is 0.200 e. The Labute approximate surface area is 154 Å². The van der Waals surface area contributed by atoms with Gasteiger partial charge in [-0.2, -0.15) is 0 Å². The number of sulfone groups is 1. The second-order valence-electron chi connectivity index (χ2n) is 8.26. The Morgan fingerprint density at radius 3 is 2.48 bits per heavy atom. The van der Waals surface area contributed by atoms with Crippen LogP contribution < -0.4 is 0 Å². The van der Waals surface area contributed by atoms with Crippen LogP contribution in [0.3, 0.4) is 0 Å². The Hall–Kier alpha value is -1.11. The number of rotatable bonds is 4. The normalized spacial score (nSPS) is 21.7. The maximum absolute atomic E-state index is 13.2. The SMILES string of the molecule is CN(C)C[C@H]1C[C@@H](S(=O)(=O)c2c(Cl)ccc3nc(C(C)(C)C)oc23)C1. The number of nitrogens with zero attached hydrogens (tertiary/aromatic N) is 2. The van der Waals surface area contributed by atoms with Crippen molar-refractivity contribution in [2.45, 2.75) is 49.2 Å². The molecule has 25 heavy (non-hydrogen) atoms. The van der Waals surface area contributed by atoms with Crippen LogP contribution in [0, 0.1) is 5.92 Å². The van der Waals surface area contributed by atoms with E-state index >= 15 is 0 Å². The maximum Gasteiger partial charge on any atom is 0.200 e. The molecule has 1 aliphatic carbocycles. The Bertz CT molecular complexity index is 891. The van der Waals surface area contributed by atoms with Crippen LogP contribution in [0.2, 0.25) is 5.02 Å². The van der Waals surface area contributed by atoms with Gasteiger partial charge in [0.15, 0.2) is 15.4 Å². The highest BCUT2D eigenvalue weighted by Crippen LogP contribution is 2.42. The Morgan fingerprint density at radius 2 is 1.92 bits per heavy atom. The first kappa shape index (κ1) is 18.7. The second kappa shape index (κ2) is 6.25. The van der Waals surface area contributed by atoms with E-state index in [1.807, 2.05) is 34.9 Å². The fourth-order valence-corrected chi connectivity index (χ4v) is 5.89. The predicted octanol–water partition coefficient (Wildman–Crippen LogP) is 3.89. The van der Waals surface area contributed by atoms with Gasteiger partial charge in [0.2, 0.25) is 5.89 Å². The van der Waals surface area contributed by atoms with Crippen molar-refractivity contribution in [1.82, 2.24) is 9.88 Å². The number of benzene rings is 1. The van der Waals surface area contributed by atoms with E-state index in [4.69, 9.17) is 16.0 Å². The molecule has 1 aliphatic rings. The lowest BCUT2D eigenvalue weighted by Crippen LogP contribution is -2.40. The molecule has 0 amide bonds. The number of hydrogen-bond acceptors (Lipinski definition) is 5. The zero-order valence-corrected chi connectivity index (χ0v) is 16.9. The van der Waals surface area contributed by atoms with Gasteiger partial charge in [-0.25, -0.2) is 13.4 Å². The molecule has 1 heterocycles. The Morgan fingerprint density at radius 1 is 1.28 bits per heavy atom. The number of hydrogen-bond donors (Lipinski definition) is 0. The van der Waals surface area contributed by atoms with Gasteiger partial charge in [0.05, 0.1) is 10.3 Å². The van der Waals surface area contributed by atoms with Crippen LogP contribution in [0.25, 0.3) is 11.1 Å². The first-order valence-corrected chi connectivity index (χ1v) is 10.4. The molecule has 0 spiro atoms. The van der Waals surface area contributed by atoms with Crippen molar-refractivity contribution < 1.29 is 12.8 Å². The van der Waals surface area contributed by atoms with Gasteiger partial charge in [-0.1, -0.05) is 32.4 Å². The van der Waals surface area contributed by atoms with Crippen LogP contribution in [0.4, 0.5) is 0 Å². The largest absolute Gasteiger partial charge is 0.439 e. The predicted molar refractivity (Wildman–Crippen MR) is 100.0 cm³/mol. The highest BCUT2D eigenvalue weighted by Gasteiger charge is 2.42. The molecule has 1 aromatic heterocycles. The summed E-state index contributed by atoms with van der Waals surface area (Å²) < 4.78 is 32.2. The average molecular weight is 385 g/mol. The van der Waals surface area contributed by atoms with Gasteiger partial charge in [-0.05, 0) is 45.0 Å². The quantitative estimate of drug-likeness (QED) is 0.800. The maximum atomic E-state index is 13.2. The molecule has 0 saturated heterocycles. The molecule has 0 aliphatic heterocycles. The van der Waals surface area contributed by atoms with Gasteiger partial charge in [0.1, 0.15) is 10.4 Å². The lowest BCUT2D eigenvalue weighted by molar-refractivity contribution is 0.232. The molecule has 0 N–H and O–H groups in total. The Balaban J connectivity index is 2.00. The molecule has 0 bridgehead atoms. The standard InChI is InChI=1S/C18H25ClN2O3S/c1-18(2,3)17-20-14-7-6-13(19)16(15(14)24-17)25(22,23)12-8-11(9-12)10-21(4)5/h6-7,11-12H,8-10H2,1-5H3/t11-,12+. The molecule has 2 aromatic rings. The van der Waals surface area contributed by atoms with E-state index in [0.717, 1.165) is 6.54 Å². The van der Waals surface area contributed by atoms with E-state index in [1.165, 1.54) is 0 Å². The summed E-state index contributed by atoms with van der Waals surface area (Å²) in [5, 5.41) is -0.191. The van der Waals surface area contributed by atoms with E-state index in [9.17, 15) is 8.42 Å². The lowest BCUT2D eigenvalue weighted by atomic mass is 9.84. The van der Waals surface area contributed by atoms with Gasteiger partial charge in [-0.15, -0.1) is 0 Å². The number of fused-ring (bicyclic) bond motifs is 1. The van der Waals surface area contributed by atoms with Gasteiger partial charge in [0.25, 0.3) is 0 Å². The molecule has 3 rings (SSSR count). The number of halogens is 1. The van der Waals surface area contributed by atoms with Crippen molar-refractivity contribution in [3.8, 4) is 0 Å². The minimum atomic E-state index is -3.54. The molecule has 7 heteroatoms. The van der Waals surface area contributed by atoms with Gasteiger partial charge in [-0.3, -0.25) is 0 Å².